The average Bonchev–Trinajstić information content (AvgIpc) is 3.11. The minimum absolute atomic E-state index is 0.0955. The SMILES string of the molecule is CCOC(=O)C1=C(C)N=c2s/c(=C/c3cc(Br)c(C)c(Br)c3)c(=O)n2[C@H]1c1ccc(C)c([N+](=O)[O-])c1. The molecule has 0 spiro atoms. The summed E-state index contributed by atoms with van der Waals surface area (Å²) in [5.41, 5.74) is 2.86. The van der Waals surface area contributed by atoms with E-state index in [1.807, 2.05) is 19.1 Å². The number of hydrogen-bond donors (Lipinski definition) is 0. The van der Waals surface area contributed by atoms with Crippen molar-refractivity contribution in [2.24, 2.45) is 4.99 Å². The fourth-order valence-corrected chi connectivity index (χ4v) is 6.27. The van der Waals surface area contributed by atoms with Gasteiger partial charge in [-0.05, 0) is 62.6 Å². The van der Waals surface area contributed by atoms with Crippen LogP contribution < -0.4 is 14.9 Å². The Bertz CT molecular complexity index is 1610. The lowest BCUT2D eigenvalue weighted by atomic mass is 9.94. The predicted octanol–water partition coefficient (Wildman–Crippen LogP) is 4.85. The topological polar surface area (TPSA) is 104 Å². The number of thiazole rings is 1. The number of aromatic nitrogens is 1. The van der Waals surface area contributed by atoms with Gasteiger partial charge in [-0.15, -0.1) is 0 Å². The number of benzene rings is 2. The van der Waals surface area contributed by atoms with Crippen LogP contribution in [-0.2, 0) is 9.53 Å². The number of nitrogens with zero attached hydrogens (tertiary/aromatic N) is 3. The molecule has 0 fully saturated rings. The second-order valence-corrected chi connectivity index (χ2v) is 10.9. The summed E-state index contributed by atoms with van der Waals surface area (Å²) in [5.74, 6) is -0.618. The lowest BCUT2D eigenvalue weighted by molar-refractivity contribution is -0.385. The first kappa shape index (κ1) is 26.2. The lowest BCUT2D eigenvalue weighted by Crippen LogP contribution is -2.40. The molecule has 1 aliphatic heterocycles. The Morgan fingerprint density at radius 2 is 1.89 bits per heavy atom. The molecule has 0 aliphatic carbocycles. The summed E-state index contributed by atoms with van der Waals surface area (Å²) in [7, 11) is 0. The molecule has 0 saturated carbocycles. The van der Waals surface area contributed by atoms with E-state index in [0.29, 0.717) is 26.2 Å². The number of rotatable bonds is 5. The van der Waals surface area contributed by atoms with Crippen LogP contribution >= 0.6 is 43.2 Å². The molecule has 4 rings (SSSR count). The number of allylic oxidation sites excluding steroid dienone is 1. The fourth-order valence-electron chi connectivity index (χ4n) is 4.00. The van der Waals surface area contributed by atoms with Crippen LogP contribution in [0.3, 0.4) is 0 Å². The summed E-state index contributed by atoms with van der Waals surface area (Å²) >= 11 is 8.26. The third kappa shape index (κ3) is 4.74. The van der Waals surface area contributed by atoms with E-state index >= 15 is 0 Å². The fraction of sp³-hybridized carbons (Fsp3) is 0.240. The molecule has 1 atom stereocenters. The highest BCUT2D eigenvalue weighted by molar-refractivity contribution is 9.11. The molecule has 0 bridgehead atoms. The molecule has 3 aromatic rings. The van der Waals surface area contributed by atoms with E-state index in [1.54, 1.807) is 39.0 Å². The quantitative estimate of drug-likeness (QED) is 0.227. The van der Waals surface area contributed by atoms with Gasteiger partial charge in [0.2, 0.25) is 0 Å². The Morgan fingerprint density at radius 3 is 2.50 bits per heavy atom. The second kappa shape index (κ2) is 10.2. The maximum atomic E-state index is 13.7. The van der Waals surface area contributed by atoms with Crippen molar-refractivity contribution < 1.29 is 14.5 Å². The van der Waals surface area contributed by atoms with Gasteiger partial charge in [0.25, 0.3) is 11.2 Å². The van der Waals surface area contributed by atoms with Crippen molar-refractivity contribution in [3.8, 4) is 0 Å². The van der Waals surface area contributed by atoms with Gasteiger partial charge in [-0.2, -0.15) is 0 Å². The third-order valence-electron chi connectivity index (χ3n) is 5.86. The largest absolute Gasteiger partial charge is 0.463 e. The smallest absolute Gasteiger partial charge is 0.338 e. The monoisotopic (exact) mass is 633 g/mol. The molecule has 0 amide bonds. The van der Waals surface area contributed by atoms with Crippen molar-refractivity contribution in [2.75, 3.05) is 6.61 Å². The highest BCUT2D eigenvalue weighted by Gasteiger charge is 2.34. The number of carbonyl (C=O) groups excluding carboxylic acids is 1. The first-order chi connectivity index (χ1) is 17.0. The number of nitro groups is 1. The first-order valence-electron chi connectivity index (χ1n) is 10.9. The number of ether oxygens (including phenoxy) is 1. The number of esters is 1. The van der Waals surface area contributed by atoms with Gasteiger partial charge < -0.3 is 4.74 Å². The first-order valence-corrected chi connectivity index (χ1v) is 13.3. The molecule has 2 heterocycles. The molecule has 8 nitrogen and oxygen atoms in total. The summed E-state index contributed by atoms with van der Waals surface area (Å²) in [6.07, 6.45) is 1.76. The molecule has 0 N–H and O–H groups in total. The number of nitro benzene ring substituents is 1. The second-order valence-electron chi connectivity index (χ2n) is 8.21. The molecular weight excluding hydrogens is 614 g/mol. The summed E-state index contributed by atoms with van der Waals surface area (Å²) in [6.45, 7) is 7.10. The van der Waals surface area contributed by atoms with Gasteiger partial charge in [0, 0.05) is 20.6 Å². The maximum Gasteiger partial charge on any atom is 0.338 e. The zero-order valence-corrected chi connectivity index (χ0v) is 23.8. The van der Waals surface area contributed by atoms with Gasteiger partial charge in [0.1, 0.15) is 0 Å². The number of halogens is 2. The number of fused-ring (bicyclic) bond motifs is 1. The molecule has 36 heavy (non-hydrogen) atoms. The summed E-state index contributed by atoms with van der Waals surface area (Å²) in [6, 6.07) is 7.61. The summed E-state index contributed by atoms with van der Waals surface area (Å²) < 4.78 is 8.90. The minimum Gasteiger partial charge on any atom is -0.463 e. The maximum absolute atomic E-state index is 13.7. The van der Waals surface area contributed by atoms with Gasteiger partial charge in [0.05, 0.1) is 33.4 Å². The van der Waals surface area contributed by atoms with Gasteiger partial charge in [0.15, 0.2) is 4.80 Å². The van der Waals surface area contributed by atoms with Crippen LogP contribution in [0.1, 0.15) is 42.1 Å². The van der Waals surface area contributed by atoms with Gasteiger partial charge in [-0.3, -0.25) is 19.5 Å². The molecule has 0 radical (unpaired) electrons. The highest BCUT2D eigenvalue weighted by Crippen LogP contribution is 2.33. The Kier molecular flexibility index (Phi) is 7.44. The van der Waals surface area contributed by atoms with Gasteiger partial charge in [-0.1, -0.05) is 55.3 Å². The van der Waals surface area contributed by atoms with Crippen molar-refractivity contribution >= 4 is 60.9 Å². The van der Waals surface area contributed by atoms with Crippen molar-refractivity contribution in [3.63, 3.8) is 0 Å². The van der Waals surface area contributed by atoms with Crippen LogP contribution in [0.2, 0.25) is 0 Å². The highest BCUT2D eigenvalue weighted by atomic mass is 79.9. The molecule has 0 unspecified atom stereocenters. The van der Waals surface area contributed by atoms with Crippen LogP contribution in [0.25, 0.3) is 6.08 Å². The number of aryl methyl sites for hydroxylation is 1. The third-order valence-corrected chi connectivity index (χ3v) is 8.49. The summed E-state index contributed by atoms with van der Waals surface area (Å²) in [5, 5.41) is 11.6. The zero-order chi connectivity index (χ0) is 26.3. The molecule has 1 aliphatic rings. The molecular formula is C25H21Br2N3O5S. The Hall–Kier alpha value is -2.89. The number of carbonyl (C=O) groups is 1. The normalized spacial score (nSPS) is 15.5. The van der Waals surface area contributed by atoms with Crippen molar-refractivity contribution in [1.29, 1.82) is 0 Å². The molecule has 186 valence electrons. The Morgan fingerprint density at radius 1 is 1.22 bits per heavy atom. The standard InChI is InChI=1S/C25H21Br2N3O5S/c1-5-35-24(32)21-14(4)28-25-29(22(21)16-7-6-12(2)19(11-16)30(33)34)23(31)20(36-25)10-15-8-17(26)13(3)18(27)9-15/h6-11,22H,5H2,1-4H3/b20-10+/t22-/m0/s1. The van der Waals surface area contributed by atoms with Crippen molar-refractivity contribution in [3.05, 3.63) is 103 Å². The summed E-state index contributed by atoms with van der Waals surface area (Å²) in [4.78, 5) is 42.8. The van der Waals surface area contributed by atoms with E-state index < -0.39 is 16.9 Å². The van der Waals surface area contributed by atoms with E-state index in [-0.39, 0.29) is 23.4 Å². The van der Waals surface area contributed by atoms with E-state index in [1.165, 1.54) is 22.0 Å². The van der Waals surface area contributed by atoms with Crippen LogP contribution in [-0.4, -0.2) is 22.1 Å². The van der Waals surface area contributed by atoms with Crippen LogP contribution in [0.4, 0.5) is 5.69 Å². The van der Waals surface area contributed by atoms with E-state index in [0.717, 1.165) is 20.1 Å². The predicted molar refractivity (Wildman–Crippen MR) is 145 cm³/mol. The van der Waals surface area contributed by atoms with Crippen molar-refractivity contribution in [1.82, 2.24) is 4.57 Å². The van der Waals surface area contributed by atoms with Crippen LogP contribution in [0.5, 0.6) is 0 Å². The Labute approximate surface area is 227 Å². The van der Waals surface area contributed by atoms with Gasteiger partial charge >= 0.3 is 5.97 Å². The molecule has 0 saturated heterocycles. The minimum atomic E-state index is -0.918. The average molecular weight is 635 g/mol. The Balaban J connectivity index is 2.00. The molecule has 1 aromatic heterocycles. The molecule has 2 aromatic carbocycles. The number of hydrogen-bond acceptors (Lipinski definition) is 7. The van der Waals surface area contributed by atoms with Crippen LogP contribution in [0.15, 0.2) is 60.3 Å². The van der Waals surface area contributed by atoms with Crippen LogP contribution in [0, 0.1) is 24.0 Å². The molecule has 11 heteroatoms. The van der Waals surface area contributed by atoms with Crippen molar-refractivity contribution in [2.45, 2.75) is 33.7 Å². The zero-order valence-electron chi connectivity index (χ0n) is 19.8. The lowest BCUT2D eigenvalue weighted by Gasteiger charge is -2.24. The van der Waals surface area contributed by atoms with Gasteiger partial charge in [-0.25, -0.2) is 9.79 Å². The van der Waals surface area contributed by atoms with E-state index in [4.69, 9.17) is 4.74 Å². The van der Waals surface area contributed by atoms with E-state index in [2.05, 4.69) is 36.9 Å². The van der Waals surface area contributed by atoms with E-state index in [9.17, 15) is 19.7 Å².